The number of nitrogens with zero attached hydrogens (tertiary/aromatic N) is 2. The molecule has 0 atom stereocenters. The maximum Gasteiger partial charge on any atom is 0.324 e. The molecule has 2 aromatic rings. The summed E-state index contributed by atoms with van der Waals surface area (Å²) >= 11 is 0. The van der Waals surface area contributed by atoms with E-state index in [0.717, 1.165) is 16.0 Å². The van der Waals surface area contributed by atoms with Crippen molar-refractivity contribution >= 4 is 17.8 Å². The highest BCUT2D eigenvalue weighted by molar-refractivity contribution is 6.05. The van der Waals surface area contributed by atoms with Gasteiger partial charge in [-0.05, 0) is 29.7 Å². The highest BCUT2D eigenvalue weighted by Gasteiger charge is 2.24. The maximum absolute atomic E-state index is 13.1. The Balaban J connectivity index is 1.68. The van der Waals surface area contributed by atoms with Crippen LogP contribution in [0.2, 0.25) is 0 Å². The molecule has 3 rings (SSSR count). The zero-order valence-electron chi connectivity index (χ0n) is 17.2. The molecular formula is C23H27N3O4. The molecule has 1 N–H and O–H groups in total. The molecule has 1 fully saturated rings. The molecule has 30 heavy (non-hydrogen) atoms. The topological polar surface area (TPSA) is 79.0 Å². The molecule has 2 aromatic carbocycles. The van der Waals surface area contributed by atoms with Gasteiger partial charge in [-0.15, -0.1) is 0 Å². The van der Waals surface area contributed by atoms with Crippen molar-refractivity contribution in [2.45, 2.75) is 13.3 Å². The Morgan fingerprint density at radius 2 is 1.70 bits per heavy atom. The lowest BCUT2D eigenvalue weighted by Crippen LogP contribution is -2.49. The van der Waals surface area contributed by atoms with E-state index in [1.54, 1.807) is 23.1 Å². The van der Waals surface area contributed by atoms with Crippen LogP contribution in [0.25, 0.3) is 11.1 Å². The van der Waals surface area contributed by atoms with Crippen molar-refractivity contribution < 1.29 is 19.1 Å². The molecule has 1 saturated heterocycles. The zero-order chi connectivity index (χ0) is 21.3. The fraction of sp³-hybridized carbons (Fsp3) is 0.348. The smallest absolute Gasteiger partial charge is 0.324 e. The summed E-state index contributed by atoms with van der Waals surface area (Å²) in [5, 5.41) is 2.60. The van der Waals surface area contributed by atoms with Crippen LogP contribution in [-0.4, -0.2) is 67.0 Å². The van der Waals surface area contributed by atoms with Gasteiger partial charge in [-0.1, -0.05) is 49.4 Å². The van der Waals surface area contributed by atoms with E-state index in [0.29, 0.717) is 38.3 Å². The summed E-state index contributed by atoms with van der Waals surface area (Å²) in [5.74, 6) is -0.562. The molecule has 0 saturated carbocycles. The molecule has 0 spiro atoms. The summed E-state index contributed by atoms with van der Waals surface area (Å²) < 4.78 is 5.23. The highest BCUT2D eigenvalue weighted by atomic mass is 16.5. The van der Waals surface area contributed by atoms with Crippen LogP contribution in [0, 0.1) is 0 Å². The minimum Gasteiger partial charge on any atom is -0.378 e. The van der Waals surface area contributed by atoms with Gasteiger partial charge >= 0.3 is 6.03 Å². The number of nitrogens with one attached hydrogen (secondary N) is 1. The van der Waals surface area contributed by atoms with Crippen LogP contribution in [0.3, 0.4) is 0 Å². The quantitative estimate of drug-likeness (QED) is 0.796. The molecule has 7 nitrogen and oxygen atoms in total. The second-order valence-corrected chi connectivity index (χ2v) is 7.06. The fourth-order valence-corrected chi connectivity index (χ4v) is 3.31. The van der Waals surface area contributed by atoms with Crippen LogP contribution in [0.1, 0.15) is 23.7 Å². The van der Waals surface area contributed by atoms with Crippen molar-refractivity contribution in [1.29, 1.82) is 0 Å². The third-order valence-electron chi connectivity index (χ3n) is 4.91. The Morgan fingerprint density at radius 3 is 2.40 bits per heavy atom. The average molecular weight is 409 g/mol. The number of ether oxygens (including phenoxy) is 1. The van der Waals surface area contributed by atoms with Crippen molar-refractivity contribution in [3.63, 3.8) is 0 Å². The van der Waals surface area contributed by atoms with Crippen LogP contribution < -0.4 is 5.32 Å². The number of morpholine rings is 1. The minimum absolute atomic E-state index is 0.142. The third kappa shape index (κ3) is 5.45. The number of carbonyl (C=O) groups is 3. The predicted molar refractivity (Wildman–Crippen MR) is 114 cm³/mol. The van der Waals surface area contributed by atoms with E-state index in [9.17, 15) is 14.4 Å². The normalized spacial score (nSPS) is 13.6. The summed E-state index contributed by atoms with van der Waals surface area (Å²) in [6.45, 7) is 4.04. The molecule has 0 radical (unpaired) electrons. The minimum atomic E-state index is -0.562. The van der Waals surface area contributed by atoms with Gasteiger partial charge in [-0.3, -0.25) is 14.5 Å². The molecule has 1 heterocycles. The van der Waals surface area contributed by atoms with Crippen molar-refractivity contribution in [1.82, 2.24) is 15.1 Å². The van der Waals surface area contributed by atoms with E-state index in [-0.39, 0.29) is 24.9 Å². The lowest BCUT2D eigenvalue weighted by Gasteiger charge is -2.27. The number of imide groups is 1. The van der Waals surface area contributed by atoms with Crippen LogP contribution in [-0.2, 0) is 9.53 Å². The maximum atomic E-state index is 13.1. The van der Waals surface area contributed by atoms with E-state index in [4.69, 9.17) is 4.74 Å². The summed E-state index contributed by atoms with van der Waals surface area (Å²) in [7, 11) is 0. The van der Waals surface area contributed by atoms with E-state index in [2.05, 4.69) is 5.32 Å². The number of hydrogen-bond acceptors (Lipinski definition) is 4. The summed E-state index contributed by atoms with van der Waals surface area (Å²) in [4.78, 5) is 40.8. The largest absolute Gasteiger partial charge is 0.378 e. The van der Waals surface area contributed by atoms with Gasteiger partial charge in [0.05, 0.1) is 19.8 Å². The first-order chi connectivity index (χ1) is 14.6. The van der Waals surface area contributed by atoms with Crippen molar-refractivity contribution in [2.75, 3.05) is 39.4 Å². The van der Waals surface area contributed by atoms with Gasteiger partial charge in [-0.25, -0.2) is 4.79 Å². The van der Waals surface area contributed by atoms with E-state index in [1.165, 1.54) is 0 Å². The molecule has 0 unspecified atom stereocenters. The Labute approximate surface area is 176 Å². The van der Waals surface area contributed by atoms with Gasteiger partial charge in [0.2, 0.25) is 5.91 Å². The van der Waals surface area contributed by atoms with Gasteiger partial charge < -0.3 is 15.0 Å². The molecule has 0 bridgehead atoms. The van der Waals surface area contributed by atoms with Crippen molar-refractivity contribution in [3.8, 4) is 11.1 Å². The van der Waals surface area contributed by atoms with Crippen LogP contribution in [0.5, 0.6) is 0 Å². The van der Waals surface area contributed by atoms with Crippen molar-refractivity contribution in [2.24, 2.45) is 0 Å². The lowest BCUT2D eigenvalue weighted by atomic mass is 10.0. The fourth-order valence-electron chi connectivity index (χ4n) is 3.31. The average Bonchev–Trinajstić information content (AvgIpc) is 2.81. The van der Waals surface area contributed by atoms with Gasteiger partial charge in [-0.2, -0.15) is 0 Å². The third-order valence-corrected chi connectivity index (χ3v) is 4.91. The molecule has 7 heteroatoms. The highest BCUT2D eigenvalue weighted by Crippen LogP contribution is 2.21. The van der Waals surface area contributed by atoms with Gasteiger partial charge in [0.1, 0.15) is 0 Å². The summed E-state index contributed by atoms with van der Waals surface area (Å²) in [6, 6.07) is 16.4. The van der Waals surface area contributed by atoms with E-state index >= 15 is 0 Å². The molecule has 1 aliphatic heterocycles. The molecule has 4 amide bonds. The number of carbonyl (C=O) groups excluding carboxylic acids is 3. The monoisotopic (exact) mass is 409 g/mol. The second-order valence-electron chi connectivity index (χ2n) is 7.06. The van der Waals surface area contributed by atoms with Crippen LogP contribution in [0.15, 0.2) is 54.6 Å². The number of benzene rings is 2. The van der Waals surface area contributed by atoms with Gasteiger partial charge in [0, 0.05) is 25.2 Å². The first-order valence-corrected chi connectivity index (χ1v) is 10.2. The summed E-state index contributed by atoms with van der Waals surface area (Å²) in [6.07, 6.45) is 0.620. The molecule has 158 valence electrons. The Kier molecular flexibility index (Phi) is 7.57. The Bertz CT molecular complexity index is 879. The van der Waals surface area contributed by atoms with Crippen LogP contribution in [0.4, 0.5) is 4.79 Å². The number of rotatable bonds is 6. The zero-order valence-corrected chi connectivity index (χ0v) is 17.2. The van der Waals surface area contributed by atoms with Gasteiger partial charge in [0.15, 0.2) is 0 Å². The molecule has 0 aromatic heterocycles. The lowest BCUT2D eigenvalue weighted by molar-refractivity contribution is -0.134. The SMILES string of the molecule is CCCN(C(=O)NCC(=O)N1CCOCC1)C(=O)c1cccc(-c2ccccc2)c1. The van der Waals surface area contributed by atoms with E-state index in [1.807, 2.05) is 43.3 Å². The van der Waals surface area contributed by atoms with Crippen molar-refractivity contribution in [3.05, 3.63) is 60.2 Å². The molecule has 0 aliphatic carbocycles. The number of hydrogen-bond donors (Lipinski definition) is 1. The summed E-state index contributed by atoms with van der Waals surface area (Å²) in [5.41, 5.74) is 2.33. The van der Waals surface area contributed by atoms with Gasteiger partial charge in [0.25, 0.3) is 5.91 Å². The Hall–Kier alpha value is -3.19. The second kappa shape index (κ2) is 10.5. The predicted octanol–water partition coefficient (Wildman–Crippen LogP) is 2.77. The number of urea groups is 1. The first-order valence-electron chi connectivity index (χ1n) is 10.2. The molecular weight excluding hydrogens is 382 g/mol. The number of amides is 4. The molecule has 1 aliphatic rings. The van der Waals surface area contributed by atoms with E-state index < -0.39 is 6.03 Å². The first kappa shape index (κ1) is 21.5. The Morgan fingerprint density at radius 1 is 1.00 bits per heavy atom. The standard InChI is InChI=1S/C23H27N3O4/c1-2-11-26(23(29)24-17-21(27)25-12-14-30-15-13-25)22(28)20-10-6-9-19(16-20)18-7-4-3-5-8-18/h3-10,16H,2,11-15,17H2,1H3,(H,24,29). The van der Waals surface area contributed by atoms with Crippen LogP contribution >= 0.6 is 0 Å².